The van der Waals surface area contributed by atoms with Gasteiger partial charge in [0, 0.05) is 11.3 Å². The van der Waals surface area contributed by atoms with Crippen LogP contribution < -0.4 is 10.7 Å². The summed E-state index contributed by atoms with van der Waals surface area (Å²) in [5.74, 6) is -2.07. The lowest BCUT2D eigenvalue weighted by molar-refractivity contribution is -0.137. The highest BCUT2D eigenvalue weighted by Crippen LogP contribution is 2.30. The monoisotopic (exact) mass is 363 g/mol. The molecule has 8 heteroatoms. The first-order valence-corrected chi connectivity index (χ1v) is 7.71. The number of alkyl halides is 3. The van der Waals surface area contributed by atoms with Crippen LogP contribution in [0, 0.1) is 0 Å². The molecule has 0 aromatic heterocycles. The molecular formula is C18H16F3N3O2. The van der Waals surface area contributed by atoms with E-state index >= 15 is 0 Å². The van der Waals surface area contributed by atoms with Crippen molar-refractivity contribution in [3.63, 3.8) is 0 Å². The van der Waals surface area contributed by atoms with E-state index in [9.17, 15) is 22.8 Å². The van der Waals surface area contributed by atoms with Crippen LogP contribution in [0.4, 0.5) is 18.9 Å². The summed E-state index contributed by atoms with van der Waals surface area (Å²) < 4.78 is 38.5. The van der Waals surface area contributed by atoms with Crippen molar-refractivity contribution in [2.24, 2.45) is 5.10 Å². The smallest absolute Gasteiger partial charge is 0.318 e. The Morgan fingerprint density at radius 1 is 1.04 bits per heavy atom. The van der Waals surface area contributed by atoms with Crippen molar-refractivity contribution < 1.29 is 22.8 Å². The number of amides is 2. The van der Waals surface area contributed by atoms with Crippen LogP contribution in [0.5, 0.6) is 0 Å². The number of nitrogens with zero attached hydrogens (tertiary/aromatic N) is 1. The lowest BCUT2D eigenvalue weighted by Crippen LogP contribution is -2.32. The normalized spacial score (nSPS) is 11.4. The summed E-state index contributed by atoms with van der Waals surface area (Å²) in [5.41, 5.74) is 2.28. The zero-order valence-corrected chi connectivity index (χ0v) is 13.8. The Hall–Kier alpha value is -3.16. The molecular weight excluding hydrogens is 347 g/mol. The maximum absolute atomic E-state index is 12.8. The Morgan fingerprint density at radius 2 is 1.69 bits per heavy atom. The van der Waals surface area contributed by atoms with E-state index in [1.54, 1.807) is 24.3 Å². The number of nitrogens with one attached hydrogen (secondary N) is 2. The molecule has 0 bridgehead atoms. The molecule has 0 saturated carbocycles. The molecule has 0 unspecified atom stereocenters. The van der Waals surface area contributed by atoms with Gasteiger partial charge in [-0.05, 0) is 30.2 Å². The molecule has 2 aromatic carbocycles. The molecule has 2 amide bonds. The molecule has 0 spiro atoms. The zero-order valence-electron chi connectivity index (χ0n) is 13.8. The Kier molecular flexibility index (Phi) is 6.11. The molecule has 0 fully saturated rings. The van der Waals surface area contributed by atoms with E-state index < -0.39 is 23.6 Å². The largest absolute Gasteiger partial charge is 0.417 e. The molecule has 2 rings (SSSR count). The van der Waals surface area contributed by atoms with E-state index in [0.717, 1.165) is 24.3 Å². The van der Waals surface area contributed by atoms with Crippen LogP contribution in [0.25, 0.3) is 0 Å². The molecule has 5 nitrogen and oxygen atoms in total. The number of halogens is 3. The quantitative estimate of drug-likeness (QED) is 0.497. The van der Waals surface area contributed by atoms with Gasteiger partial charge in [0.1, 0.15) is 0 Å². The Balaban J connectivity index is 1.97. The van der Waals surface area contributed by atoms with Gasteiger partial charge < -0.3 is 5.32 Å². The minimum absolute atomic E-state index is 0.226. The van der Waals surface area contributed by atoms with Crippen LogP contribution in [-0.4, -0.2) is 18.0 Å². The Bertz CT molecular complexity index is 815. The fraction of sp³-hybridized carbons (Fsp3) is 0.167. The second-order valence-electron chi connectivity index (χ2n) is 5.29. The number of aryl methyl sites for hydroxylation is 1. The maximum atomic E-state index is 12.8. The number of hydrazone groups is 1. The highest BCUT2D eigenvalue weighted by molar-refractivity contribution is 6.39. The van der Waals surface area contributed by atoms with E-state index in [1.165, 1.54) is 18.2 Å². The fourth-order valence-corrected chi connectivity index (χ4v) is 2.09. The van der Waals surface area contributed by atoms with Gasteiger partial charge in [-0.25, -0.2) is 5.43 Å². The summed E-state index contributed by atoms with van der Waals surface area (Å²) in [4.78, 5) is 23.4. The Morgan fingerprint density at radius 3 is 2.31 bits per heavy atom. The van der Waals surface area contributed by atoms with Crippen molar-refractivity contribution in [1.29, 1.82) is 0 Å². The van der Waals surface area contributed by atoms with Gasteiger partial charge in [0.05, 0.1) is 11.8 Å². The summed E-state index contributed by atoms with van der Waals surface area (Å²) in [6, 6.07) is 11.7. The van der Waals surface area contributed by atoms with Gasteiger partial charge in [-0.3, -0.25) is 9.59 Å². The van der Waals surface area contributed by atoms with E-state index in [1.807, 2.05) is 12.3 Å². The second-order valence-corrected chi connectivity index (χ2v) is 5.29. The zero-order chi connectivity index (χ0) is 19.2. The predicted octanol–water partition coefficient (Wildman–Crippen LogP) is 3.36. The van der Waals surface area contributed by atoms with Crippen LogP contribution in [0.2, 0.25) is 0 Å². The SMILES string of the molecule is CCc1ccc(NC(=O)C(=O)N/N=C\c2ccccc2C(F)(F)F)cc1. The number of rotatable bonds is 4. The lowest BCUT2D eigenvalue weighted by Gasteiger charge is -2.09. The minimum Gasteiger partial charge on any atom is -0.318 e. The van der Waals surface area contributed by atoms with Crippen LogP contribution in [0.3, 0.4) is 0 Å². The van der Waals surface area contributed by atoms with Crippen molar-refractivity contribution in [2.45, 2.75) is 19.5 Å². The van der Waals surface area contributed by atoms with E-state index in [0.29, 0.717) is 5.69 Å². The van der Waals surface area contributed by atoms with Crippen molar-refractivity contribution >= 4 is 23.7 Å². The topological polar surface area (TPSA) is 70.6 Å². The van der Waals surface area contributed by atoms with Gasteiger partial charge in [-0.1, -0.05) is 37.3 Å². The first-order valence-electron chi connectivity index (χ1n) is 7.71. The molecule has 2 aromatic rings. The summed E-state index contributed by atoms with van der Waals surface area (Å²) >= 11 is 0. The number of hydrogen-bond acceptors (Lipinski definition) is 3. The highest BCUT2D eigenvalue weighted by atomic mass is 19.4. The highest BCUT2D eigenvalue weighted by Gasteiger charge is 2.32. The Labute approximate surface area is 147 Å². The number of carbonyl (C=O) groups excluding carboxylic acids is 2. The number of carbonyl (C=O) groups is 2. The molecule has 136 valence electrons. The molecule has 0 atom stereocenters. The van der Waals surface area contributed by atoms with Crippen molar-refractivity contribution in [1.82, 2.24) is 5.43 Å². The summed E-state index contributed by atoms with van der Waals surface area (Å²) in [5, 5.41) is 5.79. The van der Waals surface area contributed by atoms with E-state index in [2.05, 4.69) is 10.4 Å². The number of anilines is 1. The predicted molar refractivity (Wildman–Crippen MR) is 91.6 cm³/mol. The molecule has 0 heterocycles. The summed E-state index contributed by atoms with van der Waals surface area (Å²) in [6.07, 6.45) is -2.87. The van der Waals surface area contributed by atoms with Gasteiger partial charge in [0.25, 0.3) is 0 Å². The van der Waals surface area contributed by atoms with Crippen molar-refractivity contribution in [2.75, 3.05) is 5.32 Å². The third kappa shape index (κ3) is 5.17. The second kappa shape index (κ2) is 8.28. The third-order valence-corrected chi connectivity index (χ3v) is 3.46. The fourth-order valence-electron chi connectivity index (χ4n) is 2.09. The molecule has 0 aliphatic carbocycles. The lowest BCUT2D eigenvalue weighted by atomic mass is 10.1. The van der Waals surface area contributed by atoms with Gasteiger partial charge in [-0.2, -0.15) is 18.3 Å². The third-order valence-electron chi connectivity index (χ3n) is 3.46. The minimum atomic E-state index is -4.55. The van der Waals surface area contributed by atoms with E-state index in [-0.39, 0.29) is 5.56 Å². The van der Waals surface area contributed by atoms with Gasteiger partial charge in [0.15, 0.2) is 0 Å². The first-order chi connectivity index (χ1) is 12.3. The molecule has 26 heavy (non-hydrogen) atoms. The van der Waals surface area contributed by atoms with Gasteiger partial charge >= 0.3 is 18.0 Å². The van der Waals surface area contributed by atoms with Crippen LogP contribution >= 0.6 is 0 Å². The molecule has 0 saturated heterocycles. The standard InChI is InChI=1S/C18H16F3N3O2/c1-2-12-7-9-14(10-8-12)23-16(25)17(26)24-22-11-13-5-3-4-6-15(13)18(19,20)21/h3-11H,2H2,1H3,(H,23,25)(H,24,26)/b22-11-. The maximum Gasteiger partial charge on any atom is 0.417 e. The van der Waals surface area contributed by atoms with Crippen LogP contribution in [0.15, 0.2) is 53.6 Å². The van der Waals surface area contributed by atoms with Crippen LogP contribution in [0.1, 0.15) is 23.6 Å². The van der Waals surface area contributed by atoms with Crippen molar-refractivity contribution in [3.05, 3.63) is 65.2 Å². The molecule has 2 N–H and O–H groups in total. The first kappa shape index (κ1) is 19.2. The van der Waals surface area contributed by atoms with Gasteiger partial charge in [-0.15, -0.1) is 0 Å². The number of benzene rings is 2. The van der Waals surface area contributed by atoms with Crippen molar-refractivity contribution in [3.8, 4) is 0 Å². The average Bonchev–Trinajstić information content (AvgIpc) is 2.61. The molecule has 0 aliphatic rings. The molecule has 0 radical (unpaired) electrons. The molecule has 0 aliphatic heterocycles. The summed E-state index contributed by atoms with van der Waals surface area (Å²) in [7, 11) is 0. The van der Waals surface area contributed by atoms with Gasteiger partial charge in [0.2, 0.25) is 0 Å². The van der Waals surface area contributed by atoms with Crippen LogP contribution in [-0.2, 0) is 22.2 Å². The average molecular weight is 363 g/mol. The van der Waals surface area contributed by atoms with E-state index in [4.69, 9.17) is 0 Å². The summed E-state index contributed by atoms with van der Waals surface area (Å²) in [6.45, 7) is 1.98. The number of hydrogen-bond donors (Lipinski definition) is 2.